The minimum Gasteiger partial charge on any atom is -0.502 e. The summed E-state index contributed by atoms with van der Waals surface area (Å²) in [5.74, 6) is -1.12. The minimum atomic E-state index is -0.583. The van der Waals surface area contributed by atoms with Crippen molar-refractivity contribution in [3.8, 4) is 17.2 Å². The molecule has 0 aromatic heterocycles. The number of nitrogens with zero attached hydrogens (tertiary/aromatic N) is 1. The second-order valence-corrected chi connectivity index (χ2v) is 8.62. The molecular weight excluding hydrogens is 504 g/mol. The van der Waals surface area contributed by atoms with Crippen LogP contribution in [0.5, 0.6) is 17.2 Å². The normalized spacial score (nSPS) is 10.8. The van der Waals surface area contributed by atoms with Crippen molar-refractivity contribution >= 4 is 35.2 Å². The van der Waals surface area contributed by atoms with E-state index in [-0.39, 0.29) is 47.6 Å². The van der Waals surface area contributed by atoms with E-state index in [1.54, 1.807) is 25.1 Å². The van der Waals surface area contributed by atoms with Crippen molar-refractivity contribution in [1.29, 1.82) is 0 Å². The summed E-state index contributed by atoms with van der Waals surface area (Å²) in [6, 6.07) is 7.69. The first-order chi connectivity index (χ1) is 18.7. The first-order valence-electron chi connectivity index (χ1n) is 12.8. The summed E-state index contributed by atoms with van der Waals surface area (Å²) >= 11 is 0. The first-order valence-corrected chi connectivity index (χ1v) is 12.8. The summed E-state index contributed by atoms with van der Waals surface area (Å²) in [4.78, 5) is 39.3. The van der Waals surface area contributed by atoms with Gasteiger partial charge in [-0.15, -0.1) is 0 Å². The molecule has 0 aliphatic heterocycles. The molecule has 0 saturated carbocycles. The lowest BCUT2D eigenvalue weighted by Gasteiger charge is -2.21. The highest BCUT2D eigenvalue weighted by molar-refractivity contribution is 6.06. The van der Waals surface area contributed by atoms with Gasteiger partial charge in [-0.3, -0.25) is 9.59 Å². The largest absolute Gasteiger partial charge is 0.502 e. The number of methoxy groups -OCH3 is 2. The molecule has 2 rings (SSSR count). The van der Waals surface area contributed by atoms with Gasteiger partial charge in [0.15, 0.2) is 11.5 Å². The van der Waals surface area contributed by atoms with Crippen LogP contribution in [0.3, 0.4) is 0 Å². The highest BCUT2D eigenvalue weighted by Gasteiger charge is 2.21. The van der Waals surface area contributed by atoms with Gasteiger partial charge in [0.2, 0.25) is 11.7 Å². The SMILES string of the molecule is CCCCCCOCC(=O)N(C)c1cc(NC(=O)C=Cc2cc(OC)c(O)c(OC)c2)ccc1C(=O)OCC. The predicted octanol–water partition coefficient (Wildman–Crippen LogP) is 4.80. The Balaban J connectivity index is 2.19. The summed E-state index contributed by atoms with van der Waals surface area (Å²) in [6.45, 7) is 4.33. The molecule has 0 saturated heterocycles. The Labute approximate surface area is 229 Å². The summed E-state index contributed by atoms with van der Waals surface area (Å²) in [7, 11) is 4.36. The molecule has 10 heteroatoms. The number of benzene rings is 2. The summed E-state index contributed by atoms with van der Waals surface area (Å²) < 4.78 is 20.9. The first kappa shape index (κ1) is 31.2. The summed E-state index contributed by atoms with van der Waals surface area (Å²) in [6.07, 6.45) is 6.97. The molecule has 0 aliphatic rings. The van der Waals surface area contributed by atoms with Crippen LogP contribution >= 0.6 is 0 Å². The predicted molar refractivity (Wildman–Crippen MR) is 150 cm³/mol. The van der Waals surface area contributed by atoms with Gasteiger partial charge in [-0.2, -0.15) is 0 Å². The number of phenolic OH excluding ortho intramolecular Hbond substituents is 1. The molecule has 0 unspecified atom stereocenters. The zero-order valence-electron chi connectivity index (χ0n) is 23.2. The number of amides is 2. The molecule has 0 radical (unpaired) electrons. The van der Waals surface area contributed by atoms with Crippen LogP contribution in [0.2, 0.25) is 0 Å². The van der Waals surface area contributed by atoms with Crippen molar-refractivity contribution in [2.24, 2.45) is 0 Å². The van der Waals surface area contributed by atoms with Gasteiger partial charge in [-0.1, -0.05) is 26.2 Å². The minimum absolute atomic E-state index is 0.135. The lowest BCUT2D eigenvalue weighted by atomic mass is 10.1. The third-order valence-corrected chi connectivity index (χ3v) is 5.79. The molecule has 0 fully saturated rings. The maximum Gasteiger partial charge on any atom is 0.340 e. The maximum absolute atomic E-state index is 12.8. The summed E-state index contributed by atoms with van der Waals surface area (Å²) in [5, 5.41) is 12.8. The van der Waals surface area contributed by atoms with E-state index in [9.17, 15) is 19.5 Å². The Morgan fingerprint density at radius 1 is 1.00 bits per heavy atom. The van der Waals surface area contributed by atoms with Crippen LogP contribution in [0.15, 0.2) is 36.4 Å². The van der Waals surface area contributed by atoms with Gasteiger partial charge in [0.25, 0.3) is 5.91 Å². The summed E-state index contributed by atoms with van der Waals surface area (Å²) in [5.41, 5.74) is 1.40. The number of esters is 1. The molecule has 10 nitrogen and oxygen atoms in total. The van der Waals surface area contributed by atoms with Gasteiger partial charge in [-0.05, 0) is 55.3 Å². The van der Waals surface area contributed by atoms with Crippen LogP contribution in [-0.4, -0.2) is 64.0 Å². The van der Waals surface area contributed by atoms with Gasteiger partial charge >= 0.3 is 5.97 Å². The Hall–Kier alpha value is -4.05. The molecule has 212 valence electrons. The van der Waals surface area contributed by atoms with E-state index in [1.807, 2.05) is 0 Å². The molecule has 2 aromatic carbocycles. The Kier molecular flexibility index (Phi) is 12.8. The van der Waals surface area contributed by atoms with Gasteiger partial charge in [-0.25, -0.2) is 4.79 Å². The lowest BCUT2D eigenvalue weighted by Crippen LogP contribution is -2.32. The standard InChI is InChI=1S/C29H38N2O8/c1-6-8-9-10-15-38-19-27(33)31(3)23-18-21(12-13-22(23)29(35)39-7-2)30-26(32)14-11-20-16-24(36-4)28(34)25(17-20)37-5/h11-14,16-18,34H,6-10,15,19H2,1-5H3,(H,30,32). The van der Waals surface area contributed by atoms with Crippen LogP contribution in [0, 0.1) is 0 Å². The van der Waals surface area contributed by atoms with Crippen molar-refractivity contribution in [2.45, 2.75) is 39.5 Å². The highest BCUT2D eigenvalue weighted by atomic mass is 16.5. The number of phenols is 1. The van der Waals surface area contributed by atoms with E-state index in [2.05, 4.69) is 12.2 Å². The average Bonchev–Trinajstić information content (AvgIpc) is 2.93. The van der Waals surface area contributed by atoms with Gasteiger partial charge in [0.05, 0.1) is 32.1 Å². The average molecular weight is 543 g/mol. The lowest BCUT2D eigenvalue weighted by molar-refractivity contribution is -0.122. The van der Waals surface area contributed by atoms with Gasteiger partial charge in [0, 0.05) is 25.4 Å². The number of aromatic hydroxyl groups is 1. The molecule has 0 heterocycles. The Bertz CT molecular complexity index is 1140. The number of rotatable bonds is 15. The molecule has 0 atom stereocenters. The van der Waals surface area contributed by atoms with E-state index in [0.717, 1.165) is 25.7 Å². The van der Waals surface area contributed by atoms with Crippen LogP contribution in [0.4, 0.5) is 11.4 Å². The molecule has 39 heavy (non-hydrogen) atoms. The number of hydrogen-bond donors (Lipinski definition) is 2. The van der Waals surface area contributed by atoms with Crippen LogP contribution < -0.4 is 19.7 Å². The molecule has 0 aliphatic carbocycles. The van der Waals surface area contributed by atoms with Gasteiger partial charge < -0.3 is 34.3 Å². The molecule has 2 aromatic rings. The smallest absolute Gasteiger partial charge is 0.340 e. The number of anilines is 2. The maximum atomic E-state index is 12.8. The zero-order chi connectivity index (χ0) is 28.8. The fourth-order valence-electron chi connectivity index (χ4n) is 3.66. The molecular formula is C29H38N2O8. The van der Waals surface area contributed by atoms with Crippen molar-refractivity contribution < 1.29 is 38.4 Å². The van der Waals surface area contributed by atoms with E-state index in [4.69, 9.17) is 18.9 Å². The number of hydrogen-bond acceptors (Lipinski definition) is 8. The van der Waals surface area contributed by atoms with Crippen molar-refractivity contribution in [2.75, 3.05) is 51.3 Å². The monoisotopic (exact) mass is 542 g/mol. The molecule has 2 N–H and O–H groups in total. The Morgan fingerprint density at radius 2 is 1.69 bits per heavy atom. The number of carbonyl (C=O) groups is 3. The van der Waals surface area contributed by atoms with E-state index in [1.165, 1.54) is 50.5 Å². The van der Waals surface area contributed by atoms with Crippen LogP contribution in [0.1, 0.15) is 55.5 Å². The number of unbranched alkanes of at least 4 members (excludes halogenated alkanes) is 3. The number of likely N-dealkylation sites (N-methyl/N-ethyl adjacent to an activating group) is 1. The van der Waals surface area contributed by atoms with Crippen molar-refractivity contribution in [3.05, 3.63) is 47.5 Å². The number of carbonyl (C=O) groups excluding carboxylic acids is 3. The van der Waals surface area contributed by atoms with Crippen LogP contribution in [-0.2, 0) is 19.1 Å². The van der Waals surface area contributed by atoms with Crippen molar-refractivity contribution in [1.82, 2.24) is 0 Å². The third kappa shape index (κ3) is 9.33. The molecule has 0 spiro atoms. The second-order valence-electron chi connectivity index (χ2n) is 8.62. The van der Waals surface area contributed by atoms with E-state index < -0.39 is 11.9 Å². The van der Waals surface area contributed by atoms with E-state index in [0.29, 0.717) is 17.9 Å². The highest BCUT2D eigenvalue weighted by Crippen LogP contribution is 2.37. The van der Waals surface area contributed by atoms with Gasteiger partial charge in [0.1, 0.15) is 6.61 Å². The number of ether oxygens (including phenoxy) is 4. The Morgan fingerprint density at radius 3 is 2.31 bits per heavy atom. The topological polar surface area (TPSA) is 124 Å². The fourth-order valence-corrected chi connectivity index (χ4v) is 3.66. The quantitative estimate of drug-likeness (QED) is 0.187. The second kappa shape index (κ2) is 16.0. The fraction of sp³-hybridized carbons (Fsp3) is 0.414. The third-order valence-electron chi connectivity index (χ3n) is 5.79. The molecule has 0 bridgehead atoms. The van der Waals surface area contributed by atoms with E-state index >= 15 is 0 Å². The zero-order valence-corrected chi connectivity index (χ0v) is 23.2. The van der Waals surface area contributed by atoms with Crippen LogP contribution in [0.25, 0.3) is 6.08 Å². The van der Waals surface area contributed by atoms with Crippen molar-refractivity contribution in [3.63, 3.8) is 0 Å². The number of nitrogens with one attached hydrogen (secondary N) is 1. The molecule has 2 amide bonds.